The molecule has 1 fully saturated rings. The van der Waals surface area contributed by atoms with E-state index >= 15 is 0 Å². The van der Waals surface area contributed by atoms with Crippen molar-refractivity contribution in [1.82, 2.24) is 10.2 Å². The molecule has 1 N–H and O–H groups in total. The fraction of sp³-hybridized carbons (Fsp3) is 1.00. The Balaban J connectivity index is 2.66. The lowest BCUT2D eigenvalue weighted by atomic mass is 9.81. The summed E-state index contributed by atoms with van der Waals surface area (Å²) in [6.07, 6.45) is -2.97. The predicted octanol–water partition coefficient (Wildman–Crippen LogP) is 1.87. The van der Waals surface area contributed by atoms with Gasteiger partial charge in [-0.15, -0.1) is 0 Å². The maximum atomic E-state index is 12.6. The summed E-state index contributed by atoms with van der Waals surface area (Å²) in [4.78, 5) is 1.89. The molecule has 0 aromatic heterocycles. The normalized spacial score (nSPS) is 33.4. The molecule has 0 aromatic rings. The van der Waals surface area contributed by atoms with Crippen LogP contribution in [0.5, 0.6) is 0 Å². The van der Waals surface area contributed by atoms with E-state index in [0.29, 0.717) is 6.42 Å². The fourth-order valence-corrected chi connectivity index (χ4v) is 2.35. The number of likely N-dealkylation sites (N-methyl/N-ethyl adjacent to an activating group) is 2. The van der Waals surface area contributed by atoms with Gasteiger partial charge >= 0.3 is 6.18 Å². The molecule has 3 atom stereocenters. The Labute approximate surface area is 88.8 Å². The van der Waals surface area contributed by atoms with Crippen molar-refractivity contribution in [1.29, 1.82) is 0 Å². The number of nitrogens with one attached hydrogen (secondary N) is 1. The molecule has 0 heterocycles. The lowest BCUT2D eigenvalue weighted by molar-refractivity contribution is -0.187. The summed E-state index contributed by atoms with van der Waals surface area (Å²) in [7, 11) is 5.50. The summed E-state index contributed by atoms with van der Waals surface area (Å²) >= 11 is 0. The minimum absolute atomic E-state index is 0.0182. The second-order valence-electron chi connectivity index (χ2n) is 4.48. The van der Waals surface area contributed by atoms with Gasteiger partial charge in [0, 0.05) is 12.1 Å². The largest absolute Gasteiger partial charge is 0.391 e. The smallest absolute Gasteiger partial charge is 0.315 e. The summed E-state index contributed by atoms with van der Waals surface area (Å²) in [6, 6.07) is 0.161. The maximum Gasteiger partial charge on any atom is 0.391 e. The third-order valence-electron chi connectivity index (χ3n) is 3.31. The molecule has 0 saturated heterocycles. The van der Waals surface area contributed by atoms with Crippen molar-refractivity contribution in [2.45, 2.75) is 37.5 Å². The first-order chi connectivity index (χ1) is 6.86. The van der Waals surface area contributed by atoms with Crippen molar-refractivity contribution < 1.29 is 13.2 Å². The van der Waals surface area contributed by atoms with E-state index < -0.39 is 12.1 Å². The van der Waals surface area contributed by atoms with Crippen LogP contribution in [0.2, 0.25) is 0 Å². The van der Waals surface area contributed by atoms with Gasteiger partial charge in [-0.05, 0) is 40.4 Å². The topological polar surface area (TPSA) is 15.3 Å². The van der Waals surface area contributed by atoms with E-state index in [9.17, 15) is 13.2 Å². The van der Waals surface area contributed by atoms with E-state index in [0.717, 1.165) is 0 Å². The second kappa shape index (κ2) is 4.70. The zero-order valence-electron chi connectivity index (χ0n) is 9.43. The molecule has 0 aromatic carbocycles. The van der Waals surface area contributed by atoms with Gasteiger partial charge in [-0.2, -0.15) is 13.2 Å². The molecule has 1 saturated carbocycles. The van der Waals surface area contributed by atoms with Crippen LogP contribution in [-0.2, 0) is 0 Å². The highest BCUT2D eigenvalue weighted by atomic mass is 19.4. The number of hydrogen-bond donors (Lipinski definition) is 1. The van der Waals surface area contributed by atoms with Gasteiger partial charge in [-0.3, -0.25) is 0 Å². The number of halogens is 3. The Morgan fingerprint density at radius 2 is 1.80 bits per heavy atom. The van der Waals surface area contributed by atoms with Crippen molar-refractivity contribution in [3.8, 4) is 0 Å². The van der Waals surface area contributed by atoms with Gasteiger partial charge in [0.2, 0.25) is 0 Å². The van der Waals surface area contributed by atoms with Crippen molar-refractivity contribution in [3.05, 3.63) is 0 Å². The minimum Gasteiger partial charge on any atom is -0.315 e. The quantitative estimate of drug-likeness (QED) is 0.770. The molecule has 90 valence electrons. The molecule has 5 heteroatoms. The van der Waals surface area contributed by atoms with Crippen LogP contribution in [-0.4, -0.2) is 44.3 Å². The Morgan fingerprint density at radius 3 is 2.20 bits per heavy atom. The highest BCUT2D eigenvalue weighted by Gasteiger charge is 2.44. The molecule has 0 unspecified atom stereocenters. The first-order valence-corrected chi connectivity index (χ1v) is 5.26. The van der Waals surface area contributed by atoms with E-state index in [1.165, 1.54) is 0 Å². The van der Waals surface area contributed by atoms with E-state index in [1.54, 1.807) is 0 Å². The first kappa shape index (κ1) is 12.8. The van der Waals surface area contributed by atoms with Crippen molar-refractivity contribution in [2.24, 2.45) is 5.92 Å². The van der Waals surface area contributed by atoms with Gasteiger partial charge in [0.25, 0.3) is 0 Å². The van der Waals surface area contributed by atoms with Crippen LogP contribution in [0.25, 0.3) is 0 Å². The number of hydrogen-bond acceptors (Lipinski definition) is 2. The molecule has 2 nitrogen and oxygen atoms in total. The van der Waals surface area contributed by atoms with Crippen LogP contribution in [0.1, 0.15) is 19.3 Å². The summed E-state index contributed by atoms with van der Waals surface area (Å²) < 4.78 is 37.7. The van der Waals surface area contributed by atoms with E-state index in [4.69, 9.17) is 0 Å². The minimum atomic E-state index is -4.03. The van der Waals surface area contributed by atoms with Crippen LogP contribution in [0.15, 0.2) is 0 Å². The van der Waals surface area contributed by atoms with Crippen LogP contribution in [0.4, 0.5) is 13.2 Å². The van der Waals surface area contributed by atoms with Crippen LogP contribution < -0.4 is 5.32 Å². The zero-order valence-corrected chi connectivity index (χ0v) is 9.43. The SMILES string of the molecule is CN[C@@H]1CC[C@@H](C(F)(F)F)C[C@H]1N(C)C. The van der Waals surface area contributed by atoms with Crippen LogP contribution >= 0.6 is 0 Å². The monoisotopic (exact) mass is 224 g/mol. The summed E-state index contributed by atoms with van der Waals surface area (Å²) in [6.45, 7) is 0. The predicted molar refractivity (Wildman–Crippen MR) is 53.7 cm³/mol. The number of rotatable bonds is 2. The molecule has 15 heavy (non-hydrogen) atoms. The number of nitrogens with zero attached hydrogens (tertiary/aromatic N) is 1. The second-order valence-corrected chi connectivity index (χ2v) is 4.48. The van der Waals surface area contributed by atoms with E-state index in [-0.39, 0.29) is 24.9 Å². The molecule has 0 aliphatic heterocycles. The highest BCUT2D eigenvalue weighted by molar-refractivity contribution is 4.90. The molecule has 1 aliphatic rings. The lowest BCUT2D eigenvalue weighted by Crippen LogP contribution is -2.51. The van der Waals surface area contributed by atoms with Crippen molar-refractivity contribution in [2.75, 3.05) is 21.1 Å². The Kier molecular flexibility index (Phi) is 4.00. The van der Waals surface area contributed by atoms with Crippen LogP contribution in [0, 0.1) is 5.92 Å². The van der Waals surface area contributed by atoms with Crippen molar-refractivity contribution in [3.63, 3.8) is 0 Å². The van der Waals surface area contributed by atoms with Crippen LogP contribution in [0.3, 0.4) is 0 Å². The molecule has 1 aliphatic carbocycles. The van der Waals surface area contributed by atoms with Gasteiger partial charge < -0.3 is 10.2 Å². The molecule has 0 bridgehead atoms. The molecular formula is C10H19F3N2. The van der Waals surface area contributed by atoms with Gasteiger partial charge in [0.1, 0.15) is 0 Å². The standard InChI is InChI=1S/C10H19F3N2/c1-14-8-5-4-7(10(11,12)13)6-9(8)15(2)3/h7-9,14H,4-6H2,1-3H3/t7-,8-,9-/m1/s1. The fourth-order valence-electron chi connectivity index (χ4n) is 2.35. The van der Waals surface area contributed by atoms with Gasteiger partial charge in [-0.1, -0.05) is 0 Å². The van der Waals surface area contributed by atoms with E-state index in [1.807, 2.05) is 26.0 Å². The Bertz CT molecular complexity index is 203. The average molecular weight is 224 g/mol. The molecule has 1 rings (SSSR count). The third kappa shape index (κ3) is 3.08. The van der Waals surface area contributed by atoms with Gasteiger partial charge in [0.05, 0.1) is 5.92 Å². The molecular weight excluding hydrogens is 205 g/mol. The summed E-state index contributed by atoms with van der Waals surface area (Å²) in [5.41, 5.74) is 0. The molecule has 0 amide bonds. The molecule has 0 radical (unpaired) electrons. The lowest BCUT2D eigenvalue weighted by Gasteiger charge is -2.40. The van der Waals surface area contributed by atoms with E-state index in [2.05, 4.69) is 5.32 Å². The highest BCUT2D eigenvalue weighted by Crippen LogP contribution is 2.38. The number of alkyl halides is 3. The zero-order chi connectivity index (χ0) is 11.6. The average Bonchev–Trinajstić information content (AvgIpc) is 2.15. The third-order valence-corrected chi connectivity index (χ3v) is 3.31. The summed E-state index contributed by atoms with van der Waals surface area (Å²) in [5.74, 6) is -1.13. The first-order valence-electron chi connectivity index (χ1n) is 5.26. The molecule has 0 spiro atoms. The van der Waals surface area contributed by atoms with Gasteiger partial charge in [0.15, 0.2) is 0 Å². The van der Waals surface area contributed by atoms with Crippen molar-refractivity contribution >= 4 is 0 Å². The Morgan fingerprint density at radius 1 is 1.20 bits per heavy atom. The summed E-state index contributed by atoms with van der Waals surface area (Å²) in [5, 5.41) is 3.10. The Hall–Kier alpha value is -0.290. The maximum absolute atomic E-state index is 12.6. The van der Waals surface area contributed by atoms with Gasteiger partial charge in [-0.25, -0.2) is 0 Å².